The molecule has 0 spiro atoms. The van der Waals surface area contributed by atoms with Gasteiger partial charge in [0.05, 0.1) is 18.0 Å². The van der Waals surface area contributed by atoms with Gasteiger partial charge < -0.3 is 9.47 Å². The van der Waals surface area contributed by atoms with E-state index in [4.69, 9.17) is 9.47 Å². The van der Waals surface area contributed by atoms with Gasteiger partial charge in [-0.05, 0) is 55.5 Å². The molecule has 108 valence electrons. The van der Waals surface area contributed by atoms with Crippen LogP contribution in [0, 0.1) is 0 Å². The quantitative estimate of drug-likeness (QED) is 0.526. The third-order valence-electron chi connectivity index (χ3n) is 2.63. The molecule has 0 bridgehead atoms. The maximum absolute atomic E-state index is 5.40. The van der Waals surface area contributed by atoms with Crippen LogP contribution in [0.2, 0.25) is 0 Å². The molecule has 0 aliphatic carbocycles. The van der Waals surface area contributed by atoms with Crippen molar-refractivity contribution in [2.75, 3.05) is 13.2 Å². The molecule has 0 amide bonds. The van der Waals surface area contributed by atoms with Crippen LogP contribution in [0.3, 0.4) is 0 Å². The van der Waals surface area contributed by atoms with Crippen LogP contribution < -0.4 is 9.47 Å². The predicted molar refractivity (Wildman–Crippen MR) is 83.9 cm³/mol. The minimum atomic E-state index is 0.493. The molecule has 4 heteroatoms. The van der Waals surface area contributed by atoms with Crippen LogP contribution in [0.5, 0.6) is 11.5 Å². The summed E-state index contributed by atoms with van der Waals surface area (Å²) in [7, 11) is 0. The molecular formula is C17H18N2O2. The smallest absolute Gasteiger partial charge is 0.119 e. The normalized spacial score (nSPS) is 10.5. The minimum absolute atomic E-state index is 0.493. The molecule has 21 heavy (non-hydrogen) atoms. The number of hydrogen-bond acceptors (Lipinski definition) is 4. The lowest BCUT2D eigenvalue weighted by molar-refractivity contribution is 0.340. The fourth-order valence-corrected chi connectivity index (χ4v) is 1.66. The van der Waals surface area contributed by atoms with Crippen molar-refractivity contribution in [1.82, 2.24) is 0 Å². The topological polar surface area (TPSA) is 43.2 Å². The van der Waals surface area contributed by atoms with E-state index in [1.807, 2.05) is 55.5 Å². The van der Waals surface area contributed by atoms with Crippen molar-refractivity contribution < 1.29 is 9.47 Å². The molecule has 0 heterocycles. The number of nitrogens with zero attached hydrogens (tertiary/aromatic N) is 2. The summed E-state index contributed by atoms with van der Waals surface area (Å²) in [6, 6.07) is 14.9. The highest BCUT2D eigenvalue weighted by Crippen LogP contribution is 2.23. The van der Waals surface area contributed by atoms with Crippen molar-refractivity contribution >= 4 is 11.4 Å². The molecule has 0 aliphatic heterocycles. The summed E-state index contributed by atoms with van der Waals surface area (Å²) in [5.74, 6) is 1.62. The Kier molecular flexibility index (Phi) is 5.52. The van der Waals surface area contributed by atoms with Crippen molar-refractivity contribution in [2.45, 2.75) is 6.92 Å². The first-order valence-electron chi connectivity index (χ1n) is 6.80. The second-order valence-corrected chi connectivity index (χ2v) is 4.22. The van der Waals surface area contributed by atoms with Crippen LogP contribution in [0.15, 0.2) is 71.4 Å². The number of ether oxygens (including phenoxy) is 2. The summed E-state index contributed by atoms with van der Waals surface area (Å²) in [5.41, 5.74) is 1.56. The Morgan fingerprint density at radius 1 is 0.857 bits per heavy atom. The van der Waals surface area contributed by atoms with Gasteiger partial charge in [-0.3, -0.25) is 0 Å². The van der Waals surface area contributed by atoms with E-state index in [9.17, 15) is 0 Å². The van der Waals surface area contributed by atoms with Crippen LogP contribution in [-0.4, -0.2) is 13.2 Å². The molecule has 2 rings (SSSR count). The van der Waals surface area contributed by atoms with E-state index in [1.54, 1.807) is 6.08 Å². The second-order valence-electron chi connectivity index (χ2n) is 4.22. The molecule has 0 N–H and O–H groups in total. The average molecular weight is 282 g/mol. The van der Waals surface area contributed by atoms with Crippen LogP contribution >= 0.6 is 0 Å². The fraction of sp³-hybridized carbons (Fsp3) is 0.176. The number of rotatable bonds is 7. The largest absolute Gasteiger partial charge is 0.494 e. The predicted octanol–water partition coefficient (Wildman–Crippen LogP) is 5.07. The van der Waals surface area contributed by atoms with E-state index in [0.29, 0.717) is 13.2 Å². The summed E-state index contributed by atoms with van der Waals surface area (Å²) >= 11 is 0. The molecular weight excluding hydrogens is 264 g/mol. The molecule has 2 aromatic carbocycles. The van der Waals surface area contributed by atoms with Crippen LogP contribution in [-0.2, 0) is 0 Å². The number of azo groups is 1. The second kappa shape index (κ2) is 7.85. The minimum Gasteiger partial charge on any atom is -0.494 e. The monoisotopic (exact) mass is 282 g/mol. The SMILES string of the molecule is C=CCOc1ccc(/N=N/c2ccc(OCC)cc2)cc1. The van der Waals surface area contributed by atoms with Gasteiger partial charge in [0.1, 0.15) is 18.1 Å². The van der Waals surface area contributed by atoms with E-state index < -0.39 is 0 Å². The first-order valence-corrected chi connectivity index (χ1v) is 6.80. The lowest BCUT2D eigenvalue weighted by Gasteiger charge is -2.02. The van der Waals surface area contributed by atoms with Crippen LogP contribution in [0.1, 0.15) is 6.92 Å². The molecule has 0 radical (unpaired) electrons. The lowest BCUT2D eigenvalue weighted by atomic mass is 10.3. The molecule has 0 atom stereocenters. The zero-order valence-corrected chi connectivity index (χ0v) is 12.0. The van der Waals surface area contributed by atoms with Gasteiger partial charge in [-0.2, -0.15) is 10.2 Å². The standard InChI is InChI=1S/C17H18N2O2/c1-3-13-21-17-11-7-15(8-12-17)19-18-14-5-9-16(10-6-14)20-4-2/h3,5-12H,1,4,13H2,2H3/b19-18+. The molecule has 0 saturated carbocycles. The Morgan fingerprint density at radius 3 is 1.76 bits per heavy atom. The summed E-state index contributed by atoms with van der Waals surface area (Å²) < 4.78 is 10.8. The Labute approximate surface area is 124 Å². The van der Waals surface area contributed by atoms with Crippen molar-refractivity contribution in [1.29, 1.82) is 0 Å². The summed E-state index contributed by atoms with van der Waals surface area (Å²) in [4.78, 5) is 0. The number of hydrogen-bond donors (Lipinski definition) is 0. The third kappa shape index (κ3) is 4.76. The van der Waals surface area contributed by atoms with E-state index in [-0.39, 0.29) is 0 Å². The highest BCUT2D eigenvalue weighted by Gasteiger charge is 1.95. The van der Waals surface area contributed by atoms with E-state index in [0.717, 1.165) is 22.9 Å². The summed E-state index contributed by atoms with van der Waals surface area (Å²) in [6.45, 7) is 6.71. The van der Waals surface area contributed by atoms with E-state index in [2.05, 4.69) is 16.8 Å². The van der Waals surface area contributed by atoms with Gasteiger partial charge in [0.25, 0.3) is 0 Å². The Bertz CT molecular complexity index is 589. The lowest BCUT2D eigenvalue weighted by Crippen LogP contribution is -1.91. The van der Waals surface area contributed by atoms with Gasteiger partial charge >= 0.3 is 0 Å². The molecule has 2 aromatic rings. The molecule has 0 unspecified atom stereocenters. The van der Waals surface area contributed by atoms with Gasteiger partial charge in [-0.1, -0.05) is 12.7 Å². The van der Waals surface area contributed by atoms with E-state index >= 15 is 0 Å². The van der Waals surface area contributed by atoms with Gasteiger partial charge in [0.2, 0.25) is 0 Å². The maximum atomic E-state index is 5.40. The Balaban J connectivity index is 1.98. The van der Waals surface area contributed by atoms with Gasteiger partial charge in [-0.15, -0.1) is 0 Å². The highest BCUT2D eigenvalue weighted by molar-refractivity contribution is 5.44. The summed E-state index contributed by atoms with van der Waals surface area (Å²) in [6.07, 6.45) is 1.71. The molecule has 0 fully saturated rings. The first-order chi connectivity index (χ1) is 10.3. The van der Waals surface area contributed by atoms with Crippen molar-refractivity contribution in [3.8, 4) is 11.5 Å². The molecule has 0 aliphatic rings. The summed E-state index contributed by atoms with van der Waals surface area (Å²) in [5, 5.41) is 8.36. The maximum Gasteiger partial charge on any atom is 0.119 e. The molecule has 0 aromatic heterocycles. The van der Waals surface area contributed by atoms with Gasteiger partial charge in [0, 0.05) is 0 Å². The first kappa shape index (κ1) is 14.8. The van der Waals surface area contributed by atoms with Crippen molar-refractivity contribution in [3.63, 3.8) is 0 Å². The Hall–Kier alpha value is -2.62. The zero-order chi connectivity index (χ0) is 14.9. The van der Waals surface area contributed by atoms with Crippen molar-refractivity contribution in [2.24, 2.45) is 10.2 Å². The zero-order valence-electron chi connectivity index (χ0n) is 12.0. The molecule has 0 saturated heterocycles. The average Bonchev–Trinajstić information content (AvgIpc) is 2.53. The Morgan fingerprint density at radius 2 is 1.33 bits per heavy atom. The van der Waals surface area contributed by atoms with Crippen LogP contribution in [0.4, 0.5) is 11.4 Å². The molecule has 4 nitrogen and oxygen atoms in total. The number of benzene rings is 2. The van der Waals surface area contributed by atoms with E-state index in [1.165, 1.54) is 0 Å². The highest BCUT2D eigenvalue weighted by atomic mass is 16.5. The van der Waals surface area contributed by atoms with Gasteiger partial charge in [-0.25, -0.2) is 0 Å². The van der Waals surface area contributed by atoms with Gasteiger partial charge in [0.15, 0.2) is 0 Å². The van der Waals surface area contributed by atoms with Crippen molar-refractivity contribution in [3.05, 3.63) is 61.2 Å². The van der Waals surface area contributed by atoms with Crippen LogP contribution in [0.25, 0.3) is 0 Å². The third-order valence-corrected chi connectivity index (χ3v) is 2.63. The fourth-order valence-electron chi connectivity index (χ4n) is 1.66.